The molecule has 1 unspecified atom stereocenters. The molecule has 0 saturated carbocycles. The number of rotatable bonds is 8. The molecule has 1 aliphatic rings. The molecule has 3 rings (SSSR count). The van der Waals surface area contributed by atoms with Gasteiger partial charge in [0.1, 0.15) is 11.5 Å². The molecule has 146 valence electrons. The van der Waals surface area contributed by atoms with Crippen LogP contribution >= 0.6 is 11.8 Å². The molecule has 0 bridgehead atoms. The highest BCUT2D eigenvalue weighted by Gasteiger charge is 2.30. The molecule has 0 radical (unpaired) electrons. The summed E-state index contributed by atoms with van der Waals surface area (Å²) in [6, 6.07) is 15.4. The van der Waals surface area contributed by atoms with Gasteiger partial charge in [-0.25, -0.2) is 0 Å². The van der Waals surface area contributed by atoms with Crippen molar-refractivity contribution >= 4 is 29.1 Å². The van der Waals surface area contributed by atoms with E-state index < -0.39 is 0 Å². The van der Waals surface area contributed by atoms with Gasteiger partial charge in [-0.05, 0) is 42.7 Å². The van der Waals surface area contributed by atoms with Crippen LogP contribution in [0.3, 0.4) is 0 Å². The minimum Gasteiger partial charge on any atom is -0.497 e. The average Bonchev–Trinajstić information content (AvgIpc) is 3.06. The van der Waals surface area contributed by atoms with E-state index in [1.807, 2.05) is 48.5 Å². The molecular formula is C21H23N3O3S. The first-order chi connectivity index (χ1) is 13.7. The van der Waals surface area contributed by atoms with Gasteiger partial charge in [0.15, 0.2) is 5.17 Å². The third-order valence-corrected chi connectivity index (χ3v) is 5.13. The van der Waals surface area contributed by atoms with Crippen molar-refractivity contribution in [2.45, 2.75) is 25.0 Å². The lowest BCUT2D eigenvalue weighted by Crippen LogP contribution is -2.25. The highest BCUT2D eigenvalue weighted by molar-refractivity contribution is 8.15. The van der Waals surface area contributed by atoms with E-state index in [1.54, 1.807) is 13.3 Å². The van der Waals surface area contributed by atoms with Crippen LogP contribution in [-0.2, 0) is 11.2 Å². The van der Waals surface area contributed by atoms with Crippen molar-refractivity contribution in [3.05, 3.63) is 59.7 Å². The minimum absolute atomic E-state index is 0.0616. The maximum Gasteiger partial charge on any atom is 0.239 e. The van der Waals surface area contributed by atoms with Gasteiger partial charge in [-0.15, -0.1) is 5.10 Å². The molecule has 6 nitrogen and oxygen atoms in total. The summed E-state index contributed by atoms with van der Waals surface area (Å²) < 4.78 is 10.9. The molecular weight excluding hydrogens is 374 g/mol. The summed E-state index contributed by atoms with van der Waals surface area (Å²) in [5, 5.41) is 11.3. The highest BCUT2D eigenvalue weighted by Crippen LogP contribution is 2.25. The molecule has 0 aromatic heterocycles. The number of thioether (sulfide) groups is 1. The first kappa shape index (κ1) is 19.9. The Kier molecular flexibility index (Phi) is 7.08. The Bertz CT molecular complexity index is 883. The van der Waals surface area contributed by atoms with Gasteiger partial charge in [-0.2, -0.15) is 5.10 Å². The number of amides is 1. The lowest BCUT2D eigenvalue weighted by molar-refractivity contribution is -0.118. The number of methoxy groups -OCH3 is 1. The molecule has 0 spiro atoms. The fourth-order valence-electron chi connectivity index (χ4n) is 2.67. The Labute approximate surface area is 169 Å². The van der Waals surface area contributed by atoms with Crippen LogP contribution in [0.15, 0.2) is 58.7 Å². The molecule has 1 fully saturated rings. The lowest BCUT2D eigenvalue weighted by atomic mass is 10.1. The van der Waals surface area contributed by atoms with Crippen molar-refractivity contribution < 1.29 is 14.3 Å². The van der Waals surface area contributed by atoms with E-state index >= 15 is 0 Å². The molecule has 1 heterocycles. The summed E-state index contributed by atoms with van der Waals surface area (Å²) in [6.45, 7) is 2.71. The summed E-state index contributed by atoms with van der Waals surface area (Å²) >= 11 is 1.38. The van der Waals surface area contributed by atoms with Crippen molar-refractivity contribution in [1.82, 2.24) is 5.32 Å². The van der Waals surface area contributed by atoms with E-state index in [4.69, 9.17) is 9.47 Å². The van der Waals surface area contributed by atoms with E-state index in [-0.39, 0.29) is 11.2 Å². The van der Waals surface area contributed by atoms with Crippen LogP contribution in [0, 0.1) is 0 Å². The normalized spacial score (nSPS) is 17.9. The van der Waals surface area contributed by atoms with Crippen molar-refractivity contribution in [2.75, 3.05) is 13.7 Å². The topological polar surface area (TPSA) is 72.3 Å². The zero-order valence-corrected chi connectivity index (χ0v) is 16.7. The van der Waals surface area contributed by atoms with Crippen molar-refractivity contribution in [2.24, 2.45) is 10.2 Å². The number of benzene rings is 2. The fraction of sp³-hybridized carbons (Fsp3) is 0.286. The number of amidine groups is 1. The third-order valence-electron chi connectivity index (χ3n) is 4.06. The SMILES string of the molecule is CCCOc1ccccc1C=N/N=C1/NC(=O)C(Cc2cccc(OC)c2)S1. The summed E-state index contributed by atoms with van der Waals surface area (Å²) in [5.41, 5.74) is 1.89. The number of hydrogen-bond donors (Lipinski definition) is 1. The molecule has 7 heteroatoms. The molecule has 0 aliphatic carbocycles. The Morgan fingerprint density at radius 3 is 2.89 bits per heavy atom. The molecule has 1 N–H and O–H groups in total. The van der Waals surface area contributed by atoms with Gasteiger partial charge < -0.3 is 14.8 Å². The number of carbonyl (C=O) groups excluding carboxylic acids is 1. The van der Waals surface area contributed by atoms with Crippen molar-refractivity contribution in [3.63, 3.8) is 0 Å². The van der Waals surface area contributed by atoms with E-state index in [2.05, 4.69) is 22.4 Å². The van der Waals surface area contributed by atoms with Gasteiger partial charge in [-0.3, -0.25) is 4.79 Å². The van der Waals surface area contributed by atoms with Crippen LogP contribution < -0.4 is 14.8 Å². The Balaban J connectivity index is 1.63. The fourth-order valence-corrected chi connectivity index (χ4v) is 3.64. The number of para-hydroxylation sites is 1. The first-order valence-corrected chi connectivity index (χ1v) is 10.0. The highest BCUT2D eigenvalue weighted by atomic mass is 32.2. The maximum absolute atomic E-state index is 12.2. The summed E-state index contributed by atoms with van der Waals surface area (Å²) in [6.07, 6.45) is 3.18. The number of ether oxygens (including phenoxy) is 2. The smallest absolute Gasteiger partial charge is 0.239 e. The molecule has 1 aliphatic heterocycles. The Hall–Kier alpha value is -2.80. The standard InChI is InChI=1S/C21H23N3O3S/c1-3-11-27-18-10-5-4-8-16(18)14-22-24-21-23-20(25)19(28-21)13-15-7-6-9-17(12-15)26-2/h4-10,12,14,19H,3,11,13H2,1-2H3,(H,23,24,25). The molecule has 1 atom stereocenters. The third kappa shape index (κ3) is 5.36. The van der Waals surface area contributed by atoms with Crippen LogP contribution in [0.5, 0.6) is 11.5 Å². The second-order valence-electron chi connectivity index (χ2n) is 6.19. The predicted molar refractivity (Wildman–Crippen MR) is 113 cm³/mol. The summed E-state index contributed by atoms with van der Waals surface area (Å²) in [5.74, 6) is 1.49. The number of carbonyl (C=O) groups is 1. The molecule has 2 aromatic carbocycles. The van der Waals surface area contributed by atoms with Crippen LogP contribution in [-0.4, -0.2) is 36.3 Å². The largest absolute Gasteiger partial charge is 0.497 e. The lowest BCUT2D eigenvalue weighted by Gasteiger charge is -2.07. The second-order valence-corrected chi connectivity index (χ2v) is 7.38. The van der Waals surface area contributed by atoms with Crippen LogP contribution in [0.2, 0.25) is 0 Å². The summed E-state index contributed by atoms with van der Waals surface area (Å²) in [4.78, 5) is 12.2. The molecule has 1 saturated heterocycles. The zero-order chi connectivity index (χ0) is 19.8. The van der Waals surface area contributed by atoms with Crippen LogP contribution in [0.1, 0.15) is 24.5 Å². The maximum atomic E-state index is 12.2. The van der Waals surface area contributed by atoms with Crippen molar-refractivity contribution in [3.8, 4) is 11.5 Å². The van der Waals surface area contributed by atoms with Gasteiger partial charge in [0.25, 0.3) is 0 Å². The zero-order valence-electron chi connectivity index (χ0n) is 15.9. The molecule has 28 heavy (non-hydrogen) atoms. The minimum atomic E-state index is -0.235. The second kappa shape index (κ2) is 9.94. The summed E-state index contributed by atoms with van der Waals surface area (Å²) in [7, 11) is 1.63. The number of nitrogens with one attached hydrogen (secondary N) is 1. The van der Waals surface area contributed by atoms with Gasteiger partial charge in [0.2, 0.25) is 5.91 Å². The average molecular weight is 398 g/mol. The molecule has 1 amide bonds. The van der Waals surface area contributed by atoms with Crippen LogP contribution in [0.25, 0.3) is 0 Å². The number of nitrogens with zero attached hydrogens (tertiary/aromatic N) is 2. The van der Waals surface area contributed by atoms with Crippen molar-refractivity contribution in [1.29, 1.82) is 0 Å². The molecule has 2 aromatic rings. The van der Waals surface area contributed by atoms with Crippen LogP contribution in [0.4, 0.5) is 0 Å². The predicted octanol–water partition coefficient (Wildman–Crippen LogP) is 3.65. The van der Waals surface area contributed by atoms with Gasteiger partial charge in [-0.1, -0.05) is 43.0 Å². The van der Waals surface area contributed by atoms with E-state index in [9.17, 15) is 4.79 Å². The first-order valence-electron chi connectivity index (χ1n) is 9.13. The van der Waals surface area contributed by atoms with Gasteiger partial charge in [0.05, 0.1) is 25.2 Å². The van der Waals surface area contributed by atoms with E-state index in [0.717, 1.165) is 29.0 Å². The van der Waals surface area contributed by atoms with Gasteiger partial charge >= 0.3 is 0 Å². The number of hydrogen-bond acceptors (Lipinski definition) is 6. The monoisotopic (exact) mass is 397 g/mol. The van der Waals surface area contributed by atoms with Gasteiger partial charge in [0, 0.05) is 5.56 Å². The quantitative estimate of drug-likeness (QED) is 0.545. The van der Waals surface area contributed by atoms with E-state index in [0.29, 0.717) is 18.2 Å². The Morgan fingerprint density at radius 2 is 2.07 bits per heavy atom. The Morgan fingerprint density at radius 1 is 1.21 bits per heavy atom. The van der Waals surface area contributed by atoms with E-state index in [1.165, 1.54) is 11.8 Å².